The fraction of sp³-hybridized carbons (Fsp3) is 0.632. The van der Waals surface area contributed by atoms with Crippen molar-refractivity contribution in [2.75, 3.05) is 26.2 Å². The van der Waals surface area contributed by atoms with E-state index in [1.54, 1.807) is 0 Å². The maximum Gasteiger partial charge on any atom is 0.106 e. The van der Waals surface area contributed by atoms with Crippen LogP contribution in [0, 0.1) is 12.8 Å². The van der Waals surface area contributed by atoms with Crippen LogP contribution < -0.4 is 5.32 Å². The van der Waals surface area contributed by atoms with E-state index in [9.17, 15) is 0 Å². The van der Waals surface area contributed by atoms with Crippen LogP contribution in [-0.2, 0) is 6.54 Å². The normalized spacial score (nSPS) is 22.8. The minimum absolute atomic E-state index is 0. The zero-order valence-electron chi connectivity index (χ0n) is 14.6. The molecule has 4 rings (SSSR count). The van der Waals surface area contributed by atoms with Gasteiger partial charge in [-0.2, -0.15) is 0 Å². The molecule has 2 aliphatic heterocycles. The highest BCUT2D eigenvalue weighted by atomic mass is 35.5. The van der Waals surface area contributed by atoms with Gasteiger partial charge in [0.05, 0.1) is 11.0 Å². The summed E-state index contributed by atoms with van der Waals surface area (Å²) in [7, 11) is 0. The van der Waals surface area contributed by atoms with Crippen molar-refractivity contribution in [3.63, 3.8) is 0 Å². The lowest BCUT2D eigenvalue weighted by atomic mass is 9.97. The summed E-state index contributed by atoms with van der Waals surface area (Å²) in [6.07, 6.45) is 5.37. The minimum atomic E-state index is 0. The largest absolute Gasteiger partial charge is 0.327 e. The van der Waals surface area contributed by atoms with E-state index in [4.69, 9.17) is 4.98 Å². The molecule has 24 heavy (non-hydrogen) atoms. The molecule has 3 heterocycles. The summed E-state index contributed by atoms with van der Waals surface area (Å²) in [5.74, 6) is 2.04. The SMILES string of the molecule is Cc1nc2ccccc2n1CC1CCCN1CC1CCNCC1.Cl. The molecule has 2 saturated heterocycles. The number of imidazole rings is 1. The van der Waals surface area contributed by atoms with Gasteiger partial charge in [0.1, 0.15) is 5.82 Å². The van der Waals surface area contributed by atoms with Crippen molar-refractivity contribution >= 4 is 23.4 Å². The third-order valence-electron chi connectivity index (χ3n) is 5.69. The van der Waals surface area contributed by atoms with Gasteiger partial charge in [0.25, 0.3) is 0 Å². The maximum atomic E-state index is 4.73. The van der Waals surface area contributed by atoms with Crippen molar-refractivity contribution in [3.8, 4) is 0 Å². The van der Waals surface area contributed by atoms with Gasteiger partial charge in [-0.3, -0.25) is 4.90 Å². The summed E-state index contributed by atoms with van der Waals surface area (Å²) in [6, 6.07) is 9.22. The quantitative estimate of drug-likeness (QED) is 0.920. The highest BCUT2D eigenvalue weighted by Crippen LogP contribution is 2.25. The summed E-state index contributed by atoms with van der Waals surface area (Å²) in [5.41, 5.74) is 2.42. The molecule has 5 heteroatoms. The van der Waals surface area contributed by atoms with Crippen LogP contribution in [0.4, 0.5) is 0 Å². The maximum absolute atomic E-state index is 4.73. The molecule has 0 aliphatic carbocycles. The number of nitrogens with one attached hydrogen (secondary N) is 1. The standard InChI is InChI=1S/C19H28N4.ClH/c1-15-21-18-6-2-3-7-19(18)23(15)14-17-5-4-12-22(17)13-16-8-10-20-11-9-16;/h2-3,6-7,16-17,20H,4-5,8-14H2,1H3;1H. The van der Waals surface area contributed by atoms with Crippen molar-refractivity contribution in [2.45, 2.75) is 45.2 Å². The molecular weight excluding hydrogens is 320 g/mol. The second-order valence-electron chi connectivity index (χ2n) is 7.24. The summed E-state index contributed by atoms with van der Waals surface area (Å²) >= 11 is 0. The van der Waals surface area contributed by atoms with E-state index in [0.29, 0.717) is 6.04 Å². The predicted octanol–water partition coefficient (Wildman–Crippen LogP) is 3.23. The van der Waals surface area contributed by atoms with Crippen molar-refractivity contribution in [1.82, 2.24) is 19.8 Å². The van der Waals surface area contributed by atoms with Crippen LogP contribution in [0.5, 0.6) is 0 Å². The van der Waals surface area contributed by atoms with Crippen molar-refractivity contribution in [1.29, 1.82) is 0 Å². The molecule has 132 valence electrons. The van der Waals surface area contributed by atoms with Crippen LogP contribution in [0.2, 0.25) is 0 Å². The number of likely N-dealkylation sites (tertiary alicyclic amines) is 1. The summed E-state index contributed by atoms with van der Waals surface area (Å²) in [4.78, 5) is 7.49. The van der Waals surface area contributed by atoms with Crippen LogP contribution >= 0.6 is 12.4 Å². The first-order valence-electron chi connectivity index (χ1n) is 9.18. The molecule has 2 aromatic rings. The van der Waals surface area contributed by atoms with Gasteiger partial charge in [-0.15, -0.1) is 12.4 Å². The van der Waals surface area contributed by atoms with E-state index in [2.05, 4.69) is 46.0 Å². The number of fused-ring (bicyclic) bond motifs is 1. The van der Waals surface area contributed by atoms with Gasteiger partial charge in [0.15, 0.2) is 0 Å². The Bertz CT molecular complexity index is 662. The molecule has 1 N–H and O–H groups in total. The van der Waals surface area contributed by atoms with Crippen LogP contribution in [0.3, 0.4) is 0 Å². The van der Waals surface area contributed by atoms with Crippen LogP contribution in [0.1, 0.15) is 31.5 Å². The third-order valence-corrected chi connectivity index (χ3v) is 5.69. The Labute approximate surface area is 151 Å². The molecule has 1 aromatic carbocycles. The molecule has 0 radical (unpaired) electrons. The van der Waals surface area contributed by atoms with E-state index in [1.807, 2.05) is 0 Å². The average molecular weight is 349 g/mol. The predicted molar refractivity (Wildman–Crippen MR) is 102 cm³/mol. The fourth-order valence-electron chi connectivity index (χ4n) is 4.38. The zero-order chi connectivity index (χ0) is 15.6. The third kappa shape index (κ3) is 3.61. The number of hydrogen-bond donors (Lipinski definition) is 1. The average Bonchev–Trinajstić information content (AvgIpc) is 3.14. The number of aryl methyl sites for hydroxylation is 1. The molecule has 1 atom stereocenters. The van der Waals surface area contributed by atoms with E-state index in [1.165, 1.54) is 57.4 Å². The van der Waals surface area contributed by atoms with Gasteiger partial charge < -0.3 is 9.88 Å². The zero-order valence-corrected chi connectivity index (χ0v) is 15.4. The number of benzene rings is 1. The van der Waals surface area contributed by atoms with Crippen molar-refractivity contribution < 1.29 is 0 Å². The first-order valence-corrected chi connectivity index (χ1v) is 9.18. The summed E-state index contributed by atoms with van der Waals surface area (Å²) in [6.45, 7) is 8.21. The van der Waals surface area contributed by atoms with Crippen LogP contribution in [0.25, 0.3) is 11.0 Å². The second-order valence-corrected chi connectivity index (χ2v) is 7.24. The van der Waals surface area contributed by atoms with E-state index in [-0.39, 0.29) is 12.4 Å². The smallest absolute Gasteiger partial charge is 0.106 e. The number of para-hydroxylation sites is 2. The Morgan fingerprint density at radius 3 is 2.75 bits per heavy atom. The number of hydrogen-bond acceptors (Lipinski definition) is 3. The first kappa shape index (κ1) is 17.7. The molecule has 1 unspecified atom stereocenters. The molecule has 2 fully saturated rings. The number of halogens is 1. The second kappa shape index (κ2) is 7.85. The molecule has 0 spiro atoms. The molecule has 0 saturated carbocycles. The number of piperidine rings is 1. The molecule has 1 aromatic heterocycles. The molecule has 0 bridgehead atoms. The summed E-state index contributed by atoms with van der Waals surface area (Å²) < 4.78 is 2.43. The molecule has 2 aliphatic rings. The molecule has 0 amide bonds. The Balaban J connectivity index is 0.00000169. The minimum Gasteiger partial charge on any atom is -0.327 e. The van der Waals surface area contributed by atoms with Gasteiger partial charge >= 0.3 is 0 Å². The Morgan fingerprint density at radius 2 is 1.92 bits per heavy atom. The van der Waals surface area contributed by atoms with Gasteiger partial charge in [-0.25, -0.2) is 4.98 Å². The number of nitrogens with zero attached hydrogens (tertiary/aromatic N) is 3. The number of rotatable bonds is 4. The Kier molecular flexibility index (Phi) is 5.80. The highest BCUT2D eigenvalue weighted by Gasteiger charge is 2.28. The molecule has 4 nitrogen and oxygen atoms in total. The van der Waals surface area contributed by atoms with Crippen LogP contribution in [0.15, 0.2) is 24.3 Å². The number of aromatic nitrogens is 2. The van der Waals surface area contributed by atoms with Gasteiger partial charge in [-0.1, -0.05) is 12.1 Å². The van der Waals surface area contributed by atoms with Crippen molar-refractivity contribution in [3.05, 3.63) is 30.1 Å². The monoisotopic (exact) mass is 348 g/mol. The fourth-order valence-corrected chi connectivity index (χ4v) is 4.38. The molecular formula is C19H29ClN4. The lowest BCUT2D eigenvalue weighted by molar-refractivity contribution is 0.179. The highest BCUT2D eigenvalue weighted by molar-refractivity contribution is 5.85. The first-order chi connectivity index (χ1) is 11.3. The van der Waals surface area contributed by atoms with Gasteiger partial charge in [-0.05, 0) is 70.3 Å². The Hall–Kier alpha value is -1.10. The lowest BCUT2D eigenvalue weighted by Crippen LogP contribution is -2.40. The van der Waals surface area contributed by atoms with E-state index in [0.717, 1.165) is 23.8 Å². The lowest BCUT2D eigenvalue weighted by Gasteiger charge is -2.31. The van der Waals surface area contributed by atoms with E-state index >= 15 is 0 Å². The van der Waals surface area contributed by atoms with Gasteiger partial charge in [0, 0.05) is 19.1 Å². The van der Waals surface area contributed by atoms with Gasteiger partial charge in [0.2, 0.25) is 0 Å². The summed E-state index contributed by atoms with van der Waals surface area (Å²) in [5, 5.41) is 3.48. The topological polar surface area (TPSA) is 33.1 Å². The van der Waals surface area contributed by atoms with E-state index < -0.39 is 0 Å². The van der Waals surface area contributed by atoms with Crippen LogP contribution in [-0.4, -0.2) is 46.7 Å². The van der Waals surface area contributed by atoms with Crippen molar-refractivity contribution in [2.24, 2.45) is 5.92 Å². The Morgan fingerprint density at radius 1 is 1.12 bits per heavy atom.